The molecule has 2 saturated heterocycles. The molecule has 2 fully saturated rings. The zero-order valence-corrected chi connectivity index (χ0v) is 19.9. The fraction of sp³-hybridized carbons (Fsp3) is 0.481. The van der Waals surface area contributed by atoms with Crippen LogP contribution in [0.15, 0.2) is 41.8 Å². The molecule has 30 heavy (non-hydrogen) atoms. The first kappa shape index (κ1) is 21.7. The zero-order valence-electron chi connectivity index (χ0n) is 19.1. The molecule has 0 radical (unpaired) electrons. The summed E-state index contributed by atoms with van der Waals surface area (Å²) in [5.41, 5.74) is 9.89. The van der Waals surface area contributed by atoms with Gasteiger partial charge in [-0.15, -0.1) is 0 Å². The first-order chi connectivity index (χ1) is 14.4. The maximum atomic E-state index is 4.24. The molecule has 0 amide bonds. The maximum Gasteiger partial charge on any atom is 0.0297 e. The van der Waals surface area contributed by atoms with E-state index in [0.29, 0.717) is 5.41 Å². The SMILES string of the molecule is C=C(C)c1ccc(C)cc1-c1ccc(CCCCC)c(SN2CC3(CNC3)C2)c1C. The van der Waals surface area contributed by atoms with Crippen molar-refractivity contribution < 1.29 is 0 Å². The number of rotatable bonds is 8. The summed E-state index contributed by atoms with van der Waals surface area (Å²) in [6, 6.07) is 11.5. The van der Waals surface area contributed by atoms with E-state index in [1.807, 2.05) is 11.9 Å². The van der Waals surface area contributed by atoms with Crippen LogP contribution in [0.4, 0.5) is 0 Å². The molecule has 2 aliphatic rings. The Labute approximate surface area is 187 Å². The number of hydrogen-bond acceptors (Lipinski definition) is 3. The summed E-state index contributed by atoms with van der Waals surface area (Å²) in [6.45, 7) is 18.0. The highest BCUT2D eigenvalue weighted by Crippen LogP contribution is 2.44. The number of allylic oxidation sites excluding steroid dienone is 1. The molecule has 2 aliphatic heterocycles. The van der Waals surface area contributed by atoms with Crippen LogP contribution in [0, 0.1) is 19.3 Å². The lowest BCUT2D eigenvalue weighted by Crippen LogP contribution is -2.69. The predicted octanol–water partition coefficient (Wildman–Crippen LogP) is 6.65. The normalized spacial score (nSPS) is 17.6. The summed E-state index contributed by atoms with van der Waals surface area (Å²) in [4.78, 5) is 1.49. The van der Waals surface area contributed by atoms with Gasteiger partial charge < -0.3 is 5.32 Å². The fourth-order valence-corrected chi connectivity index (χ4v) is 6.25. The number of aryl methyl sites for hydroxylation is 2. The van der Waals surface area contributed by atoms with Gasteiger partial charge in [0.05, 0.1) is 0 Å². The molecule has 0 saturated carbocycles. The second-order valence-electron chi connectivity index (χ2n) is 9.51. The number of hydrogen-bond donors (Lipinski definition) is 1. The lowest BCUT2D eigenvalue weighted by atomic mass is 9.76. The standard InChI is InChI=1S/C27H36N2S/c1-6-7-8-9-22-11-13-24(25-14-20(4)10-12-23(25)19(2)3)21(5)26(22)30-29-17-27(18-29)15-28-16-27/h10-14,28H,2,6-9,15-18H2,1,3-5H3. The molecule has 0 aliphatic carbocycles. The minimum Gasteiger partial charge on any atom is -0.315 e. The monoisotopic (exact) mass is 420 g/mol. The van der Waals surface area contributed by atoms with Crippen LogP contribution in [-0.4, -0.2) is 30.5 Å². The van der Waals surface area contributed by atoms with Gasteiger partial charge in [-0.3, -0.25) is 0 Å². The van der Waals surface area contributed by atoms with Crippen molar-refractivity contribution in [3.8, 4) is 11.1 Å². The molecule has 3 heteroatoms. The molecular formula is C27H36N2S. The van der Waals surface area contributed by atoms with Crippen molar-refractivity contribution in [1.29, 1.82) is 0 Å². The minimum atomic E-state index is 0.560. The highest BCUT2D eigenvalue weighted by molar-refractivity contribution is 7.97. The Hall–Kier alpha value is -1.55. The van der Waals surface area contributed by atoms with Crippen LogP contribution in [-0.2, 0) is 6.42 Å². The average molecular weight is 421 g/mol. The van der Waals surface area contributed by atoms with Crippen LogP contribution >= 0.6 is 11.9 Å². The topological polar surface area (TPSA) is 15.3 Å². The van der Waals surface area contributed by atoms with E-state index in [2.05, 4.69) is 74.2 Å². The third kappa shape index (κ3) is 4.26. The molecule has 0 unspecified atom stereocenters. The van der Waals surface area contributed by atoms with E-state index >= 15 is 0 Å². The zero-order chi connectivity index (χ0) is 21.3. The number of unbranched alkanes of at least 4 members (excludes halogenated alkanes) is 2. The Balaban J connectivity index is 1.69. The molecule has 4 rings (SSSR count). The number of benzene rings is 2. The minimum absolute atomic E-state index is 0.560. The number of nitrogens with zero attached hydrogens (tertiary/aromatic N) is 1. The molecule has 2 aromatic rings. The van der Waals surface area contributed by atoms with Gasteiger partial charge in [0.1, 0.15) is 0 Å². The van der Waals surface area contributed by atoms with Gasteiger partial charge in [-0.2, -0.15) is 0 Å². The van der Waals surface area contributed by atoms with Gasteiger partial charge in [0.15, 0.2) is 0 Å². The summed E-state index contributed by atoms with van der Waals surface area (Å²) < 4.78 is 2.58. The molecule has 0 atom stereocenters. The van der Waals surface area contributed by atoms with E-state index in [-0.39, 0.29) is 0 Å². The molecular weight excluding hydrogens is 384 g/mol. The van der Waals surface area contributed by atoms with Crippen LogP contribution in [0.2, 0.25) is 0 Å². The molecule has 1 spiro atoms. The average Bonchev–Trinajstić information content (AvgIpc) is 2.64. The van der Waals surface area contributed by atoms with Crippen molar-refractivity contribution in [2.24, 2.45) is 5.41 Å². The van der Waals surface area contributed by atoms with Crippen molar-refractivity contribution in [3.05, 3.63) is 59.2 Å². The lowest BCUT2D eigenvalue weighted by molar-refractivity contribution is 0.0235. The van der Waals surface area contributed by atoms with Crippen molar-refractivity contribution >= 4 is 17.5 Å². The highest BCUT2D eigenvalue weighted by atomic mass is 32.2. The van der Waals surface area contributed by atoms with E-state index in [0.717, 1.165) is 5.57 Å². The van der Waals surface area contributed by atoms with Gasteiger partial charge in [0.2, 0.25) is 0 Å². The molecule has 2 aromatic carbocycles. The largest absolute Gasteiger partial charge is 0.315 e. The molecule has 2 heterocycles. The van der Waals surface area contributed by atoms with Gasteiger partial charge in [-0.1, -0.05) is 67.8 Å². The van der Waals surface area contributed by atoms with Gasteiger partial charge >= 0.3 is 0 Å². The Kier molecular flexibility index (Phi) is 6.43. The van der Waals surface area contributed by atoms with Gasteiger partial charge in [-0.25, -0.2) is 4.31 Å². The Bertz CT molecular complexity index is 934. The fourth-order valence-electron chi connectivity index (χ4n) is 4.78. The summed E-state index contributed by atoms with van der Waals surface area (Å²) in [5.74, 6) is 0. The van der Waals surface area contributed by atoms with Crippen LogP contribution in [0.25, 0.3) is 16.7 Å². The molecule has 0 aromatic heterocycles. The van der Waals surface area contributed by atoms with Crippen molar-refractivity contribution in [3.63, 3.8) is 0 Å². The second-order valence-corrected chi connectivity index (χ2v) is 10.6. The second kappa shape index (κ2) is 8.90. The van der Waals surface area contributed by atoms with Crippen molar-refractivity contribution in [2.75, 3.05) is 26.2 Å². The third-order valence-electron chi connectivity index (χ3n) is 6.71. The van der Waals surface area contributed by atoms with E-state index in [1.54, 1.807) is 0 Å². The quantitative estimate of drug-likeness (QED) is 0.380. The molecule has 2 nitrogen and oxygen atoms in total. The molecule has 160 valence electrons. The first-order valence-corrected chi connectivity index (χ1v) is 12.2. The summed E-state index contributed by atoms with van der Waals surface area (Å²) in [7, 11) is 0. The van der Waals surface area contributed by atoms with E-state index in [1.165, 1.54) is 90.1 Å². The van der Waals surface area contributed by atoms with Crippen LogP contribution < -0.4 is 5.32 Å². The Morgan fingerprint density at radius 1 is 1.10 bits per heavy atom. The van der Waals surface area contributed by atoms with Gasteiger partial charge in [0.25, 0.3) is 0 Å². The van der Waals surface area contributed by atoms with Gasteiger partial charge in [0, 0.05) is 36.5 Å². The first-order valence-electron chi connectivity index (χ1n) is 11.5. The highest BCUT2D eigenvalue weighted by Gasteiger charge is 2.48. The third-order valence-corrected chi connectivity index (χ3v) is 7.97. The van der Waals surface area contributed by atoms with Crippen molar-refractivity contribution in [2.45, 2.75) is 58.3 Å². The predicted molar refractivity (Wildman–Crippen MR) is 132 cm³/mol. The Morgan fingerprint density at radius 2 is 1.87 bits per heavy atom. The van der Waals surface area contributed by atoms with Crippen LogP contribution in [0.1, 0.15) is 55.4 Å². The smallest absolute Gasteiger partial charge is 0.0297 e. The Morgan fingerprint density at radius 3 is 2.50 bits per heavy atom. The maximum absolute atomic E-state index is 4.24. The summed E-state index contributed by atoms with van der Waals surface area (Å²) >= 11 is 2.00. The van der Waals surface area contributed by atoms with E-state index in [4.69, 9.17) is 0 Å². The lowest BCUT2D eigenvalue weighted by Gasteiger charge is -2.55. The van der Waals surface area contributed by atoms with Gasteiger partial charge in [-0.05, 0) is 73.4 Å². The van der Waals surface area contributed by atoms with E-state index in [9.17, 15) is 0 Å². The van der Waals surface area contributed by atoms with E-state index < -0.39 is 0 Å². The molecule has 0 bridgehead atoms. The van der Waals surface area contributed by atoms with Crippen LogP contribution in [0.5, 0.6) is 0 Å². The molecule has 1 N–H and O–H groups in total. The van der Waals surface area contributed by atoms with Crippen molar-refractivity contribution in [1.82, 2.24) is 9.62 Å². The number of nitrogens with one attached hydrogen (secondary N) is 1. The summed E-state index contributed by atoms with van der Waals surface area (Å²) in [5, 5.41) is 3.45. The summed E-state index contributed by atoms with van der Waals surface area (Å²) in [6.07, 6.45) is 5.03. The van der Waals surface area contributed by atoms with Crippen LogP contribution in [0.3, 0.4) is 0 Å².